The van der Waals surface area contributed by atoms with Gasteiger partial charge in [0.25, 0.3) is 0 Å². The third-order valence-electron chi connectivity index (χ3n) is 6.52. The molecule has 5 rings (SSSR count). The zero-order valence-electron chi connectivity index (χ0n) is 19.1. The van der Waals surface area contributed by atoms with Crippen molar-refractivity contribution >= 4 is 32.4 Å². The lowest BCUT2D eigenvalue weighted by molar-refractivity contribution is -0.120. The molecule has 178 valence electrons. The molecule has 0 aliphatic carbocycles. The standard InChI is InChI=1S/C25H28N4O3S2/c1-2-34(31,32)29-16-20-11-7-6-10-19(20)14-22(29)24(30)27-25-26-21-12-13-28(17-23(21)33-25)15-18-8-4-3-5-9-18/h3-11,22H,2,12-17H2,1H3,(H,26,27,30). The summed E-state index contributed by atoms with van der Waals surface area (Å²) in [7, 11) is -3.54. The molecule has 1 N–H and O–H groups in total. The molecular formula is C25H28N4O3S2. The molecular weight excluding hydrogens is 468 g/mol. The van der Waals surface area contributed by atoms with E-state index in [9.17, 15) is 13.2 Å². The molecule has 2 aromatic carbocycles. The smallest absolute Gasteiger partial charge is 0.244 e. The maximum atomic E-state index is 13.3. The maximum absolute atomic E-state index is 13.3. The number of hydrogen-bond acceptors (Lipinski definition) is 6. The molecule has 2 aliphatic heterocycles. The number of amides is 1. The minimum absolute atomic E-state index is 0.0399. The number of benzene rings is 2. The highest BCUT2D eigenvalue weighted by atomic mass is 32.2. The van der Waals surface area contributed by atoms with Crippen LogP contribution in [-0.2, 0) is 47.3 Å². The first-order valence-corrected chi connectivity index (χ1v) is 14.0. The second kappa shape index (κ2) is 9.58. The SMILES string of the molecule is CCS(=O)(=O)N1Cc2ccccc2CC1C(=O)Nc1nc2c(s1)CN(Cc1ccccc1)CC2. The predicted octanol–water partition coefficient (Wildman–Crippen LogP) is 3.42. The molecule has 0 bridgehead atoms. The number of sulfonamides is 1. The fourth-order valence-electron chi connectivity index (χ4n) is 4.65. The normalized spacial score (nSPS) is 18.8. The highest BCUT2D eigenvalue weighted by molar-refractivity contribution is 7.89. The van der Waals surface area contributed by atoms with Crippen molar-refractivity contribution in [1.82, 2.24) is 14.2 Å². The number of thiazole rings is 1. The quantitative estimate of drug-likeness (QED) is 0.566. The fourth-order valence-corrected chi connectivity index (χ4v) is 6.93. The summed E-state index contributed by atoms with van der Waals surface area (Å²) >= 11 is 1.49. The number of carbonyl (C=O) groups is 1. The summed E-state index contributed by atoms with van der Waals surface area (Å²) in [6.45, 7) is 4.42. The number of hydrogen-bond donors (Lipinski definition) is 1. The predicted molar refractivity (Wildman–Crippen MR) is 134 cm³/mol. The summed E-state index contributed by atoms with van der Waals surface area (Å²) in [5.74, 6) is -0.361. The number of nitrogens with one attached hydrogen (secondary N) is 1. The average Bonchev–Trinajstić information content (AvgIpc) is 3.25. The van der Waals surface area contributed by atoms with Gasteiger partial charge in [0.15, 0.2) is 5.13 Å². The molecule has 0 fully saturated rings. The Labute approximate surface area is 204 Å². The van der Waals surface area contributed by atoms with Crippen molar-refractivity contribution in [3.05, 3.63) is 81.9 Å². The molecule has 1 amide bonds. The van der Waals surface area contributed by atoms with E-state index in [1.807, 2.05) is 30.3 Å². The van der Waals surface area contributed by atoms with Crippen molar-refractivity contribution in [2.45, 2.75) is 45.4 Å². The van der Waals surface area contributed by atoms with Gasteiger partial charge in [0.05, 0.1) is 11.4 Å². The van der Waals surface area contributed by atoms with Crippen molar-refractivity contribution in [3.8, 4) is 0 Å². The molecule has 0 radical (unpaired) electrons. The van der Waals surface area contributed by atoms with Crippen molar-refractivity contribution in [1.29, 1.82) is 0 Å². The maximum Gasteiger partial charge on any atom is 0.244 e. The molecule has 3 aromatic rings. The number of anilines is 1. The first-order valence-electron chi connectivity index (χ1n) is 11.5. The molecule has 0 spiro atoms. The Morgan fingerprint density at radius 2 is 1.82 bits per heavy atom. The molecule has 1 aromatic heterocycles. The van der Waals surface area contributed by atoms with Crippen molar-refractivity contribution in [3.63, 3.8) is 0 Å². The van der Waals surface area contributed by atoms with Crippen molar-refractivity contribution in [2.75, 3.05) is 17.6 Å². The van der Waals surface area contributed by atoms with Crippen LogP contribution in [0.3, 0.4) is 0 Å². The molecule has 2 aliphatic rings. The second-order valence-corrected chi connectivity index (χ2v) is 12.1. The Hall–Kier alpha value is -2.59. The van der Waals surface area contributed by atoms with Crippen LogP contribution in [0.2, 0.25) is 0 Å². The van der Waals surface area contributed by atoms with Crippen LogP contribution in [0.4, 0.5) is 5.13 Å². The van der Waals surface area contributed by atoms with Crippen LogP contribution in [0, 0.1) is 0 Å². The van der Waals surface area contributed by atoms with E-state index in [-0.39, 0.29) is 18.2 Å². The van der Waals surface area contributed by atoms with E-state index in [2.05, 4.69) is 39.5 Å². The van der Waals surface area contributed by atoms with E-state index in [1.165, 1.54) is 21.2 Å². The molecule has 34 heavy (non-hydrogen) atoms. The summed E-state index contributed by atoms with van der Waals surface area (Å²) in [5.41, 5.74) is 4.27. The molecule has 1 unspecified atom stereocenters. The van der Waals surface area contributed by atoms with Crippen LogP contribution < -0.4 is 5.32 Å². The van der Waals surface area contributed by atoms with Gasteiger partial charge >= 0.3 is 0 Å². The third-order valence-corrected chi connectivity index (χ3v) is 9.35. The van der Waals surface area contributed by atoms with Crippen LogP contribution in [0.15, 0.2) is 54.6 Å². The van der Waals surface area contributed by atoms with E-state index < -0.39 is 16.1 Å². The van der Waals surface area contributed by atoms with Gasteiger partial charge in [-0.15, -0.1) is 11.3 Å². The molecule has 9 heteroatoms. The van der Waals surface area contributed by atoms with Crippen LogP contribution in [0.25, 0.3) is 0 Å². The van der Waals surface area contributed by atoms with E-state index in [1.54, 1.807) is 6.92 Å². The summed E-state index contributed by atoms with van der Waals surface area (Å²) in [5, 5.41) is 3.48. The van der Waals surface area contributed by atoms with Gasteiger partial charge in [-0.1, -0.05) is 54.6 Å². The Morgan fingerprint density at radius 3 is 2.59 bits per heavy atom. The van der Waals surface area contributed by atoms with Gasteiger partial charge in [-0.25, -0.2) is 13.4 Å². The van der Waals surface area contributed by atoms with Crippen LogP contribution in [-0.4, -0.2) is 46.9 Å². The number of aromatic nitrogens is 1. The van der Waals surface area contributed by atoms with Crippen LogP contribution in [0.1, 0.15) is 34.2 Å². The number of rotatable bonds is 6. The highest BCUT2D eigenvalue weighted by Gasteiger charge is 2.38. The monoisotopic (exact) mass is 496 g/mol. The topological polar surface area (TPSA) is 82.6 Å². The molecule has 0 saturated carbocycles. The summed E-state index contributed by atoms with van der Waals surface area (Å²) in [6.07, 6.45) is 1.19. The lowest BCUT2D eigenvalue weighted by atomic mass is 9.95. The average molecular weight is 497 g/mol. The summed E-state index contributed by atoms with van der Waals surface area (Å²) < 4.78 is 27.0. The Kier molecular flexibility index (Phi) is 6.52. The molecule has 7 nitrogen and oxygen atoms in total. The van der Waals surface area contributed by atoms with Gasteiger partial charge < -0.3 is 5.32 Å². The number of fused-ring (bicyclic) bond motifs is 2. The van der Waals surface area contributed by atoms with Crippen LogP contribution in [0.5, 0.6) is 0 Å². The van der Waals surface area contributed by atoms with E-state index in [4.69, 9.17) is 0 Å². The minimum Gasteiger partial charge on any atom is -0.301 e. The zero-order chi connectivity index (χ0) is 23.7. The number of carbonyl (C=O) groups excluding carboxylic acids is 1. The first-order chi connectivity index (χ1) is 16.4. The Balaban J connectivity index is 1.31. The van der Waals surface area contributed by atoms with Gasteiger partial charge in [-0.3, -0.25) is 9.69 Å². The van der Waals surface area contributed by atoms with Crippen molar-refractivity contribution < 1.29 is 13.2 Å². The Morgan fingerprint density at radius 1 is 1.09 bits per heavy atom. The molecule has 3 heterocycles. The second-order valence-electron chi connectivity index (χ2n) is 8.76. The summed E-state index contributed by atoms with van der Waals surface area (Å²) in [6, 6.07) is 17.3. The third kappa shape index (κ3) is 4.79. The molecule has 0 saturated heterocycles. The van der Waals surface area contributed by atoms with Crippen molar-refractivity contribution in [2.24, 2.45) is 0 Å². The summed E-state index contributed by atoms with van der Waals surface area (Å²) in [4.78, 5) is 21.5. The fraction of sp³-hybridized carbons (Fsp3) is 0.360. The lowest BCUT2D eigenvalue weighted by Gasteiger charge is -2.34. The Bertz CT molecular complexity index is 1290. The van der Waals surface area contributed by atoms with Gasteiger partial charge in [0.1, 0.15) is 6.04 Å². The highest BCUT2D eigenvalue weighted by Crippen LogP contribution is 2.31. The zero-order valence-corrected chi connectivity index (χ0v) is 20.7. The largest absolute Gasteiger partial charge is 0.301 e. The van der Waals surface area contributed by atoms with E-state index in [0.29, 0.717) is 11.6 Å². The first kappa shape index (κ1) is 23.2. The van der Waals surface area contributed by atoms with E-state index in [0.717, 1.165) is 47.8 Å². The van der Waals surface area contributed by atoms with Gasteiger partial charge in [-0.05, 0) is 30.0 Å². The van der Waals surface area contributed by atoms with Gasteiger partial charge in [0.2, 0.25) is 15.9 Å². The lowest BCUT2D eigenvalue weighted by Crippen LogP contribution is -2.51. The number of nitrogens with zero attached hydrogens (tertiary/aromatic N) is 3. The van der Waals surface area contributed by atoms with Crippen LogP contribution >= 0.6 is 11.3 Å². The van der Waals surface area contributed by atoms with Gasteiger partial charge in [-0.2, -0.15) is 4.31 Å². The van der Waals surface area contributed by atoms with Gasteiger partial charge in [0, 0.05) is 37.5 Å². The minimum atomic E-state index is -3.54. The van der Waals surface area contributed by atoms with E-state index >= 15 is 0 Å². The molecule has 1 atom stereocenters.